The maximum absolute atomic E-state index is 4.26. The molecule has 0 spiro atoms. The minimum Gasteiger partial charge on any atom is -0.265 e. The van der Waals surface area contributed by atoms with Crippen LogP contribution in [-0.4, -0.2) is 64.8 Å². The zero-order valence-electron chi connectivity index (χ0n) is 52.2. The van der Waals surface area contributed by atoms with Crippen LogP contribution < -0.4 is 0 Å². The fourth-order valence-corrected chi connectivity index (χ4v) is 8.85. The second kappa shape index (κ2) is 35.7. The van der Waals surface area contributed by atoms with Crippen molar-refractivity contribution < 1.29 is 0 Å². The summed E-state index contributed by atoms with van der Waals surface area (Å²) in [5, 5.41) is 0. The number of aryl methyl sites for hydroxylation is 7. The first kappa shape index (κ1) is 65.2. The van der Waals surface area contributed by atoms with E-state index in [0.29, 0.717) is 0 Å². The fourth-order valence-electron chi connectivity index (χ4n) is 8.85. The van der Waals surface area contributed by atoms with Crippen LogP contribution in [-0.2, 0) is 0 Å². The highest BCUT2D eigenvalue weighted by molar-refractivity contribution is 5.66. The third-order valence-electron chi connectivity index (χ3n) is 13.3. The Hall–Kier alpha value is -11.8. The highest BCUT2D eigenvalue weighted by Gasteiger charge is 2.02. The Morgan fingerprint density at radius 3 is 0.901 bits per heavy atom. The van der Waals surface area contributed by atoms with Crippen molar-refractivity contribution in [3.63, 3.8) is 0 Å². The lowest BCUT2D eigenvalue weighted by Gasteiger charge is -2.00. The highest BCUT2D eigenvalue weighted by Crippen LogP contribution is 2.23. The summed E-state index contributed by atoms with van der Waals surface area (Å²) >= 11 is 0. The predicted octanol–water partition coefficient (Wildman–Crippen LogP) is 17.8. The molecule has 0 radical (unpaired) electrons. The summed E-state index contributed by atoms with van der Waals surface area (Å²) in [4.78, 5) is 53.6. The van der Waals surface area contributed by atoms with Crippen LogP contribution in [0.3, 0.4) is 0 Å². The van der Waals surface area contributed by atoms with E-state index in [1.54, 1.807) is 55.8 Å². The molecule has 0 atom stereocenters. The first-order valence-corrected chi connectivity index (χ1v) is 29.5. The Bertz CT molecular complexity index is 3560. The van der Waals surface area contributed by atoms with Gasteiger partial charge in [-0.15, -0.1) is 0 Å². The molecule has 0 unspecified atom stereocenters. The molecule has 0 aliphatic heterocycles. The Balaban J connectivity index is 0.000000137. The lowest BCUT2D eigenvalue weighted by Crippen LogP contribution is -1.84. The van der Waals surface area contributed by atoms with Gasteiger partial charge in [0.15, 0.2) is 0 Å². The van der Waals surface area contributed by atoms with E-state index < -0.39 is 0 Å². The van der Waals surface area contributed by atoms with Gasteiger partial charge in [0.25, 0.3) is 0 Å². The molecule has 13 heterocycles. The summed E-state index contributed by atoms with van der Waals surface area (Å²) in [6, 6.07) is 60.5. The molecular weight excluding hydrogens is 1120 g/mol. The molecule has 13 aromatic heterocycles. The molecule has 91 heavy (non-hydrogen) atoms. The Labute approximate surface area is 534 Å². The van der Waals surface area contributed by atoms with E-state index in [2.05, 4.69) is 113 Å². The number of pyridine rings is 13. The van der Waals surface area contributed by atoms with Crippen molar-refractivity contribution >= 4 is 0 Å². The van der Waals surface area contributed by atoms with Crippen molar-refractivity contribution in [1.29, 1.82) is 0 Å². The van der Waals surface area contributed by atoms with E-state index in [-0.39, 0.29) is 0 Å². The molecule has 448 valence electrons. The lowest BCUT2D eigenvalue weighted by molar-refractivity contribution is 1.19. The number of aromatic nitrogens is 13. The van der Waals surface area contributed by atoms with E-state index in [4.69, 9.17) is 0 Å². The SMILES string of the molecule is Cc1cc(-c2ccccc2)ccn1.Cc1cc(-c2ccccn2)ccn1.Cc1cc(-c2cccnc2)ccn1.Cc1cc(-c2ccncc2)ccn1.Cc1cncc(-c2ccccn2)c1.Cc1cncc(-c2cccnc2)c1.Cc1cncc(-c2ccncc2)c1. The Morgan fingerprint density at radius 1 is 0.176 bits per heavy atom. The fraction of sp³-hybridized carbons (Fsp3) is 0.0897. The molecular formula is C78H71N13. The zero-order chi connectivity index (χ0) is 63.7. The van der Waals surface area contributed by atoms with Crippen molar-refractivity contribution in [1.82, 2.24) is 64.8 Å². The van der Waals surface area contributed by atoms with Crippen LogP contribution in [0.5, 0.6) is 0 Å². The Morgan fingerprint density at radius 2 is 0.495 bits per heavy atom. The minimum atomic E-state index is 0.971. The predicted molar refractivity (Wildman–Crippen MR) is 368 cm³/mol. The first-order valence-electron chi connectivity index (χ1n) is 29.5. The Kier molecular flexibility index (Phi) is 25.6. The van der Waals surface area contributed by atoms with Crippen LogP contribution in [0.2, 0.25) is 0 Å². The maximum atomic E-state index is 4.26. The number of hydrogen-bond acceptors (Lipinski definition) is 13. The molecule has 14 aromatic rings. The van der Waals surface area contributed by atoms with Crippen LogP contribution in [0.1, 0.15) is 39.5 Å². The summed E-state index contributed by atoms with van der Waals surface area (Å²) < 4.78 is 0. The van der Waals surface area contributed by atoms with Crippen molar-refractivity contribution in [3.8, 4) is 78.1 Å². The average Bonchev–Trinajstić information content (AvgIpc) is 3.53. The van der Waals surface area contributed by atoms with Crippen molar-refractivity contribution in [3.05, 3.63) is 345 Å². The van der Waals surface area contributed by atoms with Gasteiger partial charge in [-0.25, -0.2) is 0 Å². The molecule has 0 N–H and O–H groups in total. The van der Waals surface area contributed by atoms with Crippen molar-refractivity contribution in [2.75, 3.05) is 0 Å². The van der Waals surface area contributed by atoms with Gasteiger partial charge in [0.05, 0.1) is 11.4 Å². The van der Waals surface area contributed by atoms with Gasteiger partial charge in [-0.3, -0.25) is 64.8 Å². The summed E-state index contributed by atoms with van der Waals surface area (Å²) in [5.74, 6) is 0. The summed E-state index contributed by atoms with van der Waals surface area (Å²) in [6.07, 6.45) is 36.4. The normalized spacial score (nSPS) is 9.92. The van der Waals surface area contributed by atoms with Gasteiger partial charge in [-0.1, -0.05) is 54.6 Å². The third kappa shape index (κ3) is 22.4. The maximum Gasteiger partial charge on any atom is 0.0717 e. The van der Waals surface area contributed by atoms with Gasteiger partial charge < -0.3 is 0 Å². The van der Waals surface area contributed by atoms with E-state index in [0.717, 1.165) is 78.7 Å². The quantitative estimate of drug-likeness (QED) is 0.148. The summed E-state index contributed by atoms with van der Waals surface area (Å²) in [5.41, 5.74) is 23.5. The van der Waals surface area contributed by atoms with Gasteiger partial charge in [0.2, 0.25) is 0 Å². The summed E-state index contributed by atoms with van der Waals surface area (Å²) in [6.45, 7) is 14.1. The topological polar surface area (TPSA) is 168 Å². The van der Waals surface area contributed by atoms with Crippen LogP contribution in [0.15, 0.2) is 306 Å². The van der Waals surface area contributed by atoms with Crippen molar-refractivity contribution in [2.45, 2.75) is 48.5 Å². The van der Waals surface area contributed by atoms with Gasteiger partial charge in [0.1, 0.15) is 0 Å². The summed E-state index contributed by atoms with van der Waals surface area (Å²) in [7, 11) is 0. The molecule has 0 aliphatic rings. The molecule has 0 bridgehead atoms. The van der Waals surface area contributed by atoms with E-state index >= 15 is 0 Å². The zero-order valence-corrected chi connectivity index (χ0v) is 52.2. The van der Waals surface area contributed by atoms with Crippen LogP contribution >= 0.6 is 0 Å². The molecule has 0 saturated carbocycles. The van der Waals surface area contributed by atoms with Crippen LogP contribution in [0.4, 0.5) is 0 Å². The number of benzene rings is 1. The van der Waals surface area contributed by atoms with Crippen LogP contribution in [0.25, 0.3) is 78.1 Å². The first-order chi connectivity index (χ1) is 44.5. The van der Waals surface area contributed by atoms with Crippen LogP contribution in [0, 0.1) is 48.5 Å². The average molecular weight is 1190 g/mol. The number of rotatable bonds is 7. The van der Waals surface area contributed by atoms with E-state index in [1.807, 2.05) is 250 Å². The molecule has 14 rings (SSSR count). The largest absolute Gasteiger partial charge is 0.265 e. The molecule has 0 saturated heterocycles. The van der Waals surface area contributed by atoms with Gasteiger partial charge >= 0.3 is 0 Å². The monoisotopic (exact) mass is 1190 g/mol. The number of nitrogens with zero attached hydrogens (tertiary/aromatic N) is 13. The van der Waals surface area contributed by atoms with Gasteiger partial charge in [-0.2, -0.15) is 0 Å². The smallest absolute Gasteiger partial charge is 0.0717 e. The molecule has 0 aliphatic carbocycles. The number of hydrogen-bond donors (Lipinski definition) is 0. The van der Waals surface area contributed by atoms with Gasteiger partial charge in [0, 0.05) is 180 Å². The third-order valence-corrected chi connectivity index (χ3v) is 13.3. The second-order valence-corrected chi connectivity index (χ2v) is 20.7. The van der Waals surface area contributed by atoms with E-state index in [9.17, 15) is 0 Å². The van der Waals surface area contributed by atoms with Gasteiger partial charge in [-0.05, 0) is 226 Å². The van der Waals surface area contributed by atoms with Crippen molar-refractivity contribution in [2.24, 2.45) is 0 Å². The molecule has 0 amide bonds. The standard InChI is InChI=1S/C12H11N.6C11H10N2/c1-10-9-12(7-8-13-10)11-5-3-2-4-6-11;1-9-8-11(4-7-13-9)10-2-5-12-6-3-10;1-9-6-11(8-13-7-9)10-2-4-12-5-3-10;1-9-7-10(4-6-13-9)11-3-2-5-12-8-11;1-9-5-11(8-13-6-9)10-3-2-4-12-7-10;1-9-8-10(5-7-12-9)11-4-2-3-6-13-11;1-9-6-10(8-12-7-9)11-4-2-3-5-13-11/h2-9H,1H3;6*2-8H,1H3. The minimum absolute atomic E-state index is 0.971. The molecule has 13 heteroatoms. The van der Waals surface area contributed by atoms with E-state index in [1.165, 1.54) is 38.9 Å². The lowest BCUT2D eigenvalue weighted by atomic mass is 10.1. The second-order valence-electron chi connectivity index (χ2n) is 20.7. The molecule has 13 nitrogen and oxygen atoms in total. The highest BCUT2D eigenvalue weighted by atomic mass is 14.7. The molecule has 1 aromatic carbocycles. The molecule has 0 fully saturated rings.